The van der Waals surface area contributed by atoms with Crippen LogP contribution in [0.3, 0.4) is 0 Å². The van der Waals surface area contributed by atoms with E-state index in [1.165, 1.54) is 6.07 Å². The summed E-state index contributed by atoms with van der Waals surface area (Å²) in [5, 5.41) is 9.38. The van der Waals surface area contributed by atoms with Crippen molar-refractivity contribution in [2.24, 2.45) is 5.73 Å². The lowest BCUT2D eigenvalue weighted by Gasteiger charge is -2.16. The molecule has 0 aliphatic heterocycles. The van der Waals surface area contributed by atoms with E-state index >= 15 is 0 Å². The molecular formula is C9H12N2O2. The van der Waals surface area contributed by atoms with E-state index in [0.29, 0.717) is 5.69 Å². The Morgan fingerprint density at radius 2 is 2.08 bits per heavy atom. The van der Waals surface area contributed by atoms with Gasteiger partial charge in [0.15, 0.2) is 0 Å². The number of nitrogens with zero attached hydrogens (tertiary/aromatic N) is 1. The first-order valence-corrected chi connectivity index (χ1v) is 3.83. The third-order valence-corrected chi connectivity index (χ3v) is 1.75. The smallest absolute Gasteiger partial charge is 0.254 e. The molecule has 13 heavy (non-hydrogen) atoms. The maximum atomic E-state index is 11.0. The van der Waals surface area contributed by atoms with Gasteiger partial charge in [-0.2, -0.15) is 0 Å². The first kappa shape index (κ1) is 9.38. The van der Waals surface area contributed by atoms with Crippen molar-refractivity contribution in [3.05, 3.63) is 23.8 Å². The summed E-state index contributed by atoms with van der Waals surface area (Å²) in [5.41, 5.74) is 5.91. The second-order valence-electron chi connectivity index (χ2n) is 2.93. The highest BCUT2D eigenvalue weighted by Gasteiger charge is 2.13. The molecule has 0 unspecified atom stereocenters. The summed E-state index contributed by atoms with van der Waals surface area (Å²) in [6.45, 7) is 0. The SMILES string of the molecule is CN(C)c1cccc(O)c1C(N)=O. The fourth-order valence-electron chi connectivity index (χ4n) is 1.15. The average Bonchev–Trinajstić information content (AvgIpc) is 2.02. The zero-order valence-electron chi connectivity index (χ0n) is 7.61. The molecule has 0 aliphatic rings. The van der Waals surface area contributed by atoms with Gasteiger partial charge >= 0.3 is 0 Å². The molecule has 0 heterocycles. The predicted octanol–water partition coefficient (Wildman–Crippen LogP) is 0.557. The van der Waals surface area contributed by atoms with Gasteiger partial charge in [0, 0.05) is 14.1 Å². The molecule has 70 valence electrons. The third kappa shape index (κ3) is 1.72. The fourth-order valence-corrected chi connectivity index (χ4v) is 1.15. The lowest BCUT2D eigenvalue weighted by molar-refractivity contribution is 0.0998. The number of anilines is 1. The number of amides is 1. The minimum Gasteiger partial charge on any atom is -0.507 e. The topological polar surface area (TPSA) is 66.6 Å². The van der Waals surface area contributed by atoms with Crippen LogP contribution in [0.5, 0.6) is 5.75 Å². The maximum absolute atomic E-state index is 11.0. The van der Waals surface area contributed by atoms with Crippen LogP contribution >= 0.6 is 0 Å². The number of hydrogen-bond acceptors (Lipinski definition) is 3. The number of phenols is 1. The van der Waals surface area contributed by atoms with Crippen molar-refractivity contribution >= 4 is 11.6 Å². The van der Waals surface area contributed by atoms with Crippen LogP contribution < -0.4 is 10.6 Å². The first-order valence-electron chi connectivity index (χ1n) is 3.83. The number of carbonyl (C=O) groups is 1. The van der Waals surface area contributed by atoms with Crippen molar-refractivity contribution in [3.8, 4) is 5.75 Å². The highest BCUT2D eigenvalue weighted by atomic mass is 16.3. The summed E-state index contributed by atoms with van der Waals surface area (Å²) in [6.07, 6.45) is 0. The van der Waals surface area contributed by atoms with E-state index in [1.54, 1.807) is 31.1 Å². The van der Waals surface area contributed by atoms with Gasteiger partial charge in [0.1, 0.15) is 11.3 Å². The number of aromatic hydroxyl groups is 1. The highest BCUT2D eigenvalue weighted by Crippen LogP contribution is 2.26. The van der Waals surface area contributed by atoms with Gasteiger partial charge in [-0.25, -0.2) is 0 Å². The molecule has 0 aromatic heterocycles. The monoisotopic (exact) mass is 180 g/mol. The van der Waals surface area contributed by atoms with Gasteiger partial charge in [-0.15, -0.1) is 0 Å². The summed E-state index contributed by atoms with van der Waals surface area (Å²) in [6, 6.07) is 4.82. The van der Waals surface area contributed by atoms with Crippen LogP contribution in [0.15, 0.2) is 18.2 Å². The fraction of sp³-hybridized carbons (Fsp3) is 0.222. The van der Waals surface area contributed by atoms with Crippen molar-refractivity contribution in [1.29, 1.82) is 0 Å². The van der Waals surface area contributed by atoms with E-state index in [4.69, 9.17) is 5.73 Å². The molecule has 1 rings (SSSR count). The van der Waals surface area contributed by atoms with Crippen molar-refractivity contribution in [3.63, 3.8) is 0 Å². The molecule has 0 spiro atoms. The molecule has 1 aromatic carbocycles. The lowest BCUT2D eigenvalue weighted by atomic mass is 10.1. The molecule has 1 amide bonds. The zero-order valence-corrected chi connectivity index (χ0v) is 7.61. The number of hydrogen-bond donors (Lipinski definition) is 2. The van der Waals surface area contributed by atoms with Crippen molar-refractivity contribution in [2.45, 2.75) is 0 Å². The summed E-state index contributed by atoms with van der Waals surface area (Å²) >= 11 is 0. The third-order valence-electron chi connectivity index (χ3n) is 1.75. The molecule has 0 aliphatic carbocycles. The highest BCUT2D eigenvalue weighted by molar-refractivity contribution is 6.01. The quantitative estimate of drug-likeness (QED) is 0.698. The Kier molecular flexibility index (Phi) is 2.41. The molecule has 0 radical (unpaired) electrons. The van der Waals surface area contributed by atoms with Crippen LogP contribution in [0, 0.1) is 0 Å². The number of benzene rings is 1. The second-order valence-corrected chi connectivity index (χ2v) is 2.93. The molecule has 1 aromatic rings. The van der Waals surface area contributed by atoms with E-state index in [1.807, 2.05) is 0 Å². The molecule has 0 saturated carbocycles. The van der Waals surface area contributed by atoms with Gasteiger partial charge < -0.3 is 15.7 Å². The minimum absolute atomic E-state index is 0.0845. The van der Waals surface area contributed by atoms with Crippen molar-refractivity contribution in [2.75, 3.05) is 19.0 Å². The number of rotatable bonds is 2. The predicted molar refractivity (Wildman–Crippen MR) is 51.0 cm³/mol. The number of nitrogens with two attached hydrogens (primary N) is 1. The lowest BCUT2D eigenvalue weighted by Crippen LogP contribution is -2.18. The van der Waals surface area contributed by atoms with Gasteiger partial charge in [0.05, 0.1) is 5.69 Å². The molecule has 0 saturated heterocycles. The first-order chi connectivity index (χ1) is 6.04. The van der Waals surface area contributed by atoms with E-state index in [2.05, 4.69) is 0 Å². The van der Waals surface area contributed by atoms with Gasteiger partial charge in [-0.1, -0.05) is 6.07 Å². The molecule has 4 heteroatoms. The Bertz CT molecular complexity index is 334. The van der Waals surface area contributed by atoms with Crippen LogP contribution in [0.1, 0.15) is 10.4 Å². The van der Waals surface area contributed by atoms with Crippen LogP contribution in [-0.4, -0.2) is 25.1 Å². The Morgan fingerprint density at radius 3 is 2.46 bits per heavy atom. The maximum Gasteiger partial charge on any atom is 0.254 e. The zero-order chi connectivity index (χ0) is 10.0. The van der Waals surface area contributed by atoms with Crippen LogP contribution in [0.2, 0.25) is 0 Å². The second kappa shape index (κ2) is 3.35. The van der Waals surface area contributed by atoms with Gasteiger partial charge in [-0.3, -0.25) is 4.79 Å². The van der Waals surface area contributed by atoms with Crippen LogP contribution in [0.4, 0.5) is 5.69 Å². The Balaban J connectivity index is 3.34. The number of primary amides is 1. The van der Waals surface area contributed by atoms with Gasteiger partial charge in [0.2, 0.25) is 0 Å². The van der Waals surface area contributed by atoms with E-state index in [9.17, 15) is 9.90 Å². The number of carbonyl (C=O) groups excluding carboxylic acids is 1. The molecular weight excluding hydrogens is 168 g/mol. The van der Waals surface area contributed by atoms with Crippen molar-refractivity contribution in [1.82, 2.24) is 0 Å². The van der Waals surface area contributed by atoms with E-state index < -0.39 is 5.91 Å². The molecule has 0 bridgehead atoms. The van der Waals surface area contributed by atoms with Crippen LogP contribution in [-0.2, 0) is 0 Å². The normalized spacial score (nSPS) is 9.69. The molecule has 4 nitrogen and oxygen atoms in total. The van der Waals surface area contributed by atoms with E-state index in [0.717, 1.165) is 0 Å². The average molecular weight is 180 g/mol. The standard InChI is InChI=1S/C9H12N2O2/c1-11(2)6-4-3-5-7(12)8(6)9(10)13/h3-5,12H,1-2H3,(H2,10,13). The summed E-state index contributed by atoms with van der Waals surface area (Å²) in [4.78, 5) is 12.7. The molecule has 0 fully saturated rings. The Hall–Kier alpha value is -1.71. The largest absolute Gasteiger partial charge is 0.507 e. The Morgan fingerprint density at radius 1 is 1.46 bits per heavy atom. The van der Waals surface area contributed by atoms with Crippen molar-refractivity contribution < 1.29 is 9.90 Å². The molecule has 3 N–H and O–H groups in total. The summed E-state index contributed by atoms with van der Waals surface area (Å²) in [7, 11) is 3.56. The van der Waals surface area contributed by atoms with Crippen LogP contribution in [0.25, 0.3) is 0 Å². The summed E-state index contributed by atoms with van der Waals surface area (Å²) in [5.74, 6) is -0.708. The van der Waals surface area contributed by atoms with Gasteiger partial charge in [-0.05, 0) is 12.1 Å². The Labute approximate surface area is 76.6 Å². The summed E-state index contributed by atoms with van der Waals surface area (Å²) < 4.78 is 0. The minimum atomic E-state index is -0.623. The van der Waals surface area contributed by atoms with Gasteiger partial charge in [0.25, 0.3) is 5.91 Å². The molecule has 0 atom stereocenters. The van der Waals surface area contributed by atoms with E-state index in [-0.39, 0.29) is 11.3 Å².